The summed E-state index contributed by atoms with van der Waals surface area (Å²) in [5.41, 5.74) is 1.29. The molecule has 0 saturated heterocycles. The lowest BCUT2D eigenvalue weighted by Gasteiger charge is -2.36. The normalized spacial score (nSPS) is 16.0. The van der Waals surface area contributed by atoms with Gasteiger partial charge >= 0.3 is 5.97 Å². The lowest BCUT2D eigenvalue weighted by atomic mass is 9.68. The molecule has 7 heteroatoms. The van der Waals surface area contributed by atoms with Crippen molar-refractivity contribution in [3.05, 3.63) is 66.0 Å². The molecule has 2 aromatic carbocycles. The topological polar surface area (TPSA) is 93.2 Å². The van der Waals surface area contributed by atoms with Crippen molar-refractivity contribution < 1.29 is 14.3 Å². The van der Waals surface area contributed by atoms with Crippen LogP contribution in [0.2, 0.25) is 0 Å². The second kappa shape index (κ2) is 10.8. The van der Waals surface area contributed by atoms with Gasteiger partial charge in [0.2, 0.25) is 5.91 Å². The number of para-hydroxylation sites is 1. The van der Waals surface area contributed by atoms with Gasteiger partial charge in [0.05, 0.1) is 24.6 Å². The summed E-state index contributed by atoms with van der Waals surface area (Å²) in [6, 6.07) is 17.2. The minimum Gasteiger partial charge on any atom is -0.467 e. The molecule has 7 nitrogen and oxygen atoms in total. The van der Waals surface area contributed by atoms with Crippen LogP contribution in [-0.4, -0.2) is 35.0 Å². The summed E-state index contributed by atoms with van der Waals surface area (Å²) in [6.07, 6.45) is 4.90. The van der Waals surface area contributed by atoms with Crippen molar-refractivity contribution in [2.24, 2.45) is 5.92 Å². The van der Waals surface area contributed by atoms with Crippen LogP contribution in [0.25, 0.3) is 10.9 Å². The van der Waals surface area contributed by atoms with Gasteiger partial charge in [-0.15, -0.1) is 0 Å². The highest BCUT2D eigenvalue weighted by Crippen LogP contribution is 2.39. The molecule has 4 rings (SSSR count). The van der Waals surface area contributed by atoms with Gasteiger partial charge < -0.3 is 15.4 Å². The fourth-order valence-corrected chi connectivity index (χ4v) is 4.97. The molecule has 2 N–H and O–H groups in total. The number of carbonyl (C=O) groups is 2. The molecular weight excluding hydrogens is 440 g/mol. The predicted molar refractivity (Wildman–Crippen MR) is 137 cm³/mol. The molecule has 0 radical (unpaired) electrons. The number of amides is 1. The number of rotatable bonds is 8. The van der Waals surface area contributed by atoms with E-state index in [2.05, 4.69) is 27.8 Å². The first-order chi connectivity index (χ1) is 16.9. The van der Waals surface area contributed by atoms with Crippen molar-refractivity contribution in [3.8, 4) is 0 Å². The lowest BCUT2D eigenvalue weighted by Crippen LogP contribution is -2.45. The highest BCUT2D eigenvalue weighted by molar-refractivity contribution is 5.91. The molecule has 1 heterocycles. The third kappa shape index (κ3) is 5.29. The molecule has 35 heavy (non-hydrogen) atoms. The maximum atomic E-state index is 13.6. The molecule has 1 amide bonds. The van der Waals surface area contributed by atoms with Crippen LogP contribution in [0.15, 0.2) is 54.6 Å². The van der Waals surface area contributed by atoms with Crippen LogP contribution >= 0.6 is 0 Å². The minimum atomic E-state index is -0.552. The predicted octanol–water partition coefficient (Wildman–Crippen LogP) is 4.76. The van der Waals surface area contributed by atoms with Crippen molar-refractivity contribution in [1.82, 2.24) is 15.3 Å². The van der Waals surface area contributed by atoms with E-state index in [1.807, 2.05) is 56.3 Å². The summed E-state index contributed by atoms with van der Waals surface area (Å²) in [7, 11) is 1.38. The second-order valence-electron chi connectivity index (χ2n) is 9.59. The van der Waals surface area contributed by atoms with Gasteiger partial charge in [-0.25, -0.2) is 14.8 Å². The van der Waals surface area contributed by atoms with Crippen molar-refractivity contribution in [3.63, 3.8) is 0 Å². The van der Waals surface area contributed by atoms with Gasteiger partial charge in [0.1, 0.15) is 11.9 Å². The first kappa shape index (κ1) is 24.6. The standard InChI is InChI=1S/C28H34N4O3/c1-19(2)24(26(33)35-3)32-25-21-14-8-9-15-22(21)30-23(31-25)18-29-27(34)28(16-10-5-11-17-28)20-12-6-4-7-13-20/h4,6-9,12-15,19,24H,5,10-11,16-18H2,1-3H3,(H,29,34)(H,30,31,32)/t24-/m0/s1. The van der Waals surface area contributed by atoms with E-state index in [1.165, 1.54) is 7.11 Å². The zero-order valence-electron chi connectivity index (χ0n) is 20.7. The zero-order chi connectivity index (χ0) is 24.8. The van der Waals surface area contributed by atoms with Gasteiger partial charge in [-0.05, 0) is 36.5 Å². The van der Waals surface area contributed by atoms with Gasteiger partial charge in [-0.1, -0.05) is 75.6 Å². The number of fused-ring (bicyclic) bond motifs is 1. The average molecular weight is 475 g/mol. The fourth-order valence-electron chi connectivity index (χ4n) is 4.97. The van der Waals surface area contributed by atoms with Crippen molar-refractivity contribution >= 4 is 28.6 Å². The Morgan fingerprint density at radius 2 is 1.66 bits per heavy atom. The van der Waals surface area contributed by atoms with Crippen LogP contribution in [0.3, 0.4) is 0 Å². The summed E-state index contributed by atoms with van der Waals surface area (Å²) in [5, 5.41) is 7.20. The Bertz CT molecular complexity index is 1170. The third-order valence-electron chi connectivity index (χ3n) is 6.94. The molecule has 1 aliphatic carbocycles. The Hall–Kier alpha value is -3.48. The van der Waals surface area contributed by atoms with Crippen LogP contribution in [0.5, 0.6) is 0 Å². The largest absolute Gasteiger partial charge is 0.467 e. The Labute approximate surface area is 206 Å². The number of hydrogen-bond donors (Lipinski definition) is 2. The molecule has 0 spiro atoms. The monoisotopic (exact) mass is 474 g/mol. The number of aromatic nitrogens is 2. The van der Waals surface area contributed by atoms with E-state index in [0.717, 1.165) is 48.6 Å². The van der Waals surface area contributed by atoms with Gasteiger partial charge in [-0.2, -0.15) is 0 Å². The smallest absolute Gasteiger partial charge is 0.328 e. The highest BCUT2D eigenvalue weighted by atomic mass is 16.5. The van der Waals surface area contributed by atoms with Crippen LogP contribution in [-0.2, 0) is 26.3 Å². The Morgan fingerprint density at radius 1 is 0.971 bits per heavy atom. The van der Waals surface area contributed by atoms with Crippen LogP contribution < -0.4 is 10.6 Å². The number of hydrogen-bond acceptors (Lipinski definition) is 6. The molecule has 1 aliphatic rings. The number of carbonyl (C=O) groups excluding carboxylic acids is 2. The second-order valence-corrected chi connectivity index (χ2v) is 9.59. The zero-order valence-corrected chi connectivity index (χ0v) is 20.7. The molecule has 1 aromatic heterocycles. The van der Waals surface area contributed by atoms with E-state index < -0.39 is 11.5 Å². The van der Waals surface area contributed by atoms with Gasteiger partial charge in [-0.3, -0.25) is 4.79 Å². The summed E-state index contributed by atoms with van der Waals surface area (Å²) in [4.78, 5) is 35.3. The number of esters is 1. The molecule has 0 aliphatic heterocycles. The number of anilines is 1. The van der Waals surface area contributed by atoms with Gasteiger partial charge in [0, 0.05) is 5.39 Å². The van der Waals surface area contributed by atoms with Crippen molar-refractivity contribution in [2.45, 2.75) is 64.0 Å². The maximum Gasteiger partial charge on any atom is 0.328 e. The van der Waals surface area contributed by atoms with Crippen molar-refractivity contribution in [2.75, 3.05) is 12.4 Å². The molecule has 1 fully saturated rings. The Morgan fingerprint density at radius 3 is 2.34 bits per heavy atom. The van der Waals surface area contributed by atoms with E-state index in [1.54, 1.807) is 0 Å². The number of nitrogens with zero attached hydrogens (tertiary/aromatic N) is 2. The Kier molecular flexibility index (Phi) is 7.63. The molecule has 0 unspecified atom stereocenters. The van der Waals surface area contributed by atoms with E-state index in [9.17, 15) is 9.59 Å². The van der Waals surface area contributed by atoms with E-state index in [0.29, 0.717) is 11.6 Å². The van der Waals surface area contributed by atoms with E-state index in [-0.39, 0.29) is 24.3 Å². The SMILES string of the molecule is COC(=O)[C@@H](Nc1nc(CNC(=O)C2(c3ccccc3)CCCCC2)nc2ccccc12)C(C)C. The van der Waals surface area contributed by atoms with Crippen LogP contribution in [0, 0.1) is 5.92 Å². The van der Waals surface area contributed by atoms with Crippen molar-refractivity contribution in [1.29, 1.82) is 0 Å². The number of methoxy groups -OCH3 is 1. The quantitative estimate of drug-likeness (QED) is 0.458. The molecule has 1 atom stereocenters. The molecule has 1 saturated carbocycles. The van der Waals surface area contributed by atoms with Gasteiger partial charge in [0.15, 0.2) is 5.82 Å². The fraction of sp³-hybridized carbons (Fsp3) is 0.429. The number of nitrogens with one attached hydrogen (secondary N) is 2. The first-order valence-electron chi connectivity index (χ1n) is 12.4. The van der Waals surface area contributed by atoms with E-state index >= 15 is 0 Å². The molecule has 184 valence electrons. The summed E-state index contributed by atoms with van der Waals surface area (Å²) in [5.74, 6) is 0.714. The maximum absolute atomic E-state index is 13.6. The summed E-state index contributed by atoms with van der Waals surface area (Å²) >= 11 is 0. The lowest BCUT2D eigenvalue weighted by molar-refractivity contribution is -0.142. The highest BCUT2D eigenvalue weighted by Gasteiger charge is 2.40. The number of ether oxygens (including phenoxy) is 1. The van der Waals surface area contributed by atoms with Gasteiger partial charge in [0.25, 0.3) is 0 Å². The average Bonchev–Trinajstić information content (AvgIpc) is 2.90. The van der Waals surface area contributed by atoms with Crippen LogP contribution in [0.4, 0.5) is 5.82 Å². The molecule has 3 aromatic rings. The minimum absolute atomic E-state index is 0.00337. The van der Waals surface area contributed by atoms with E-state index in [4.69, 9.17) is 9.72 Å². The number of benzene rings is 2. The van der Waals surface area contributed by atoms with Crippen LogP contribution in [0.1, 0.15) is 57.3 Å². The summed E-state index contributed by atoms with van der Waals surface area (Å²) in [6.45, 7) is 4.11. The first-order valence-corrected chi connectivity index (χ1v) is 12.4. The Balaban J connectivity index is 1.60. The summed E-state index contributed by atoms with van der Waals surface area (Å²) < 4.78 is 4.99. The molecular formula is C28H34N4O3. The molecule has 0 bridgehead atoms. The third-order valence-corrected chi connectivity index (χ3v) is 6.94.